The minimum Gasteiger partial charge on any atom is -0.386 e. The SMILES string of the molecule is CCCn1ncnc1CC(O)c1ccn(C)n1. The first-order chi connectivity index (χ1) is 8.20. The molecule has 92 valence electrons. The highest BCUT2D eigenvalue weighted by Gasteiger charge is 2.15. The molecule has 1 unspecified atom stereocenters. The highest BCUT2D eigenvalue weighted by Crippen LogP contribution is 2.14. The molecule has 0 aliphatic heterocycles. The molecule has 2 aromatic heterocycles. The summed E-state index contributed by atoms with van der Waals surface area (Å²) in [7, 11) is 1.83. The van der Waals surface area contributed by atoms with Gasteiger partial charge in [-0.15, -0.1) is 0 Å². The van der Waals surface area contributed by atoms with Crippen molar-refractivity contribution in [2.75, 3.05) is 0 Å². The van der Waals surface area contributed by atoms with E-state index in [9.17, 15) is 5.11 Å². The zero-order chi connectivity index (χ0) is 12.3. The minimum atomic E-state index is -0.629. The van der Waals surface area contributed by atoms with E-state index in [0.717, 1.165) is 18.8 Å². The number of rotatable bonds is 5. The van der Waals surface area contributed by atoms with Gasteiger partial charge in [0, 0.05) is 26.2 Å². The Morgan fingerprint density at radius 1 is 1.47 bits per heavy atom. The van der Waals surface area contributed by atoms with Crippen LogP contribution >= 0.6 is 0 Å². The van der Waals surface area contributed by atoms with E-state index >= 15 is 0 Å². The van der Waals surface area contributed by atoms with Crippen molar-refractivity contribution in [3.05, 3.63) is 30.1 Å². The van der Waals surface area contributed by atoms with Crippen LogP contribution in [-0.4, -0.2) is 29.7 Å². The fourth-order valence-corrected chi connectivity index (χ4v) is 1.73. The van der Waals surface area contributed by atoms with Crippen molar-refractivity contribution < 1.29 is 5.11 Å². The second kappa shape index (κ2) is 5.09. The number of nitrogens with zero attached hydrogens (tertiary/aromatic N) is 5. The van der Waals surface area contributed by atoms with Gasteiger partial charge in [-0.05, 0) is 12.5 Å². The van der Waals surface area contributed by atoms with Gasteiger partial charge in [0.05, 0.1) is 5.69 Å². The maximum absolute atomic E-state index is 10.0. The second-order valence-corrected chi connectivity index (χ2v) is 4.03. The highest BCUT2D eigenvalue weighted by molar-refractivity contribution is 5.05. The van der Waals surface area contributed by atoms with Gasteiger partial charge in [0.1, 0.15) is 18.3 Å². The molecular weight excluding hydrogens is 218 g/mol. The molecule has 0 amide bonds. The van der Waals surface area contributed by atoms with Crippen LogP contribution in [0, 0.1) is 0 Å². The van der Waals surface area contributed by atoms with Crippen molar-refractivity contribution in [2.45, 2.75) is 32.4 Å². The number of aromatic nitrogens is 5. The number of aryl methyl sites for hydroxylation is 2. The van der Waals surface area contributed by atoms with Crippen molar-refractivity contribution in [1.29, 1.82) is 0 Å². The standard InChI is InChI=1S/C11H17N5O/c1-3-5-16-11(12-8-13-16)7-10(17)9-4-6-15(2)14-9/h4,6,8,10,17H,3,5,7H2,1-2H3. The summed E-state index contributed by atoms with van der Waals surface area (Å²) in [5.74, 6) is 0.796. The summed E-state index contributed by atoms with van der Waals surface area (Å²) in [5.41, 5.74) is 0.665. The van der Waals surface area contributed by atoms with E-state index in [1.807, 2.05) is 24.0 Å². The summed E-state index contributed by atoms with van der Waals surface area (Å²) in [6.45, 7) is 2.91. The molecule has 0 radical (unpaired) electrons. The molecule has 0 aliphatic carbocycles. The van der Waals surface area contributed by atoms with Gasteiger partial charge >= 0.3 is 0 Å². The van der Waals surface area contributed by atoms with E-state index in [2.05, 4.69) is 22.1 Å². The summed E-state index contributed by atoms with van der Waals surface area (Å²) >= 11 is 0. The Balaban J connectivity index is 2.07. The van der Waals surface area contributed by atoms with E-state index in [4.69, 9.17) is 0 Å². The van der Waals surface area contributed by atoms with Crippen LogP contribution in [0.4, 0.5) is 0 Å². The molecule has 2 heterocycles. The molecule has 2 aromatic rings. The third kappa shape index (κ3) is 2.71. The molecule has 17 heavy (non-hydrogen) atoms. The first-order valence-electron chi connectivity index (χ1n) is 5.75. The fourth-order valence-electron chi connectivity index (χ4n) is 1.73. The van der Waals surface area contributed by atoms with Gasteiger partial charge in [-0.25, -0.2) is 4.98 Å². The van der Waals surface area contributed by atoms with Crippen molar-refractivity contribution in [3.8, 4) is 0 Å². The van der Waals surface area contributed by atoms with Gasteiger partial charge in [-0.3, -0.25) is 9.36 Å². The summed E-state index contributed by atoms with van der Waals surface area (Å²) in [6, 6.07) is 1.81. The maximum Gasteiger partial charge on any atom is 0.138 e. The quantitative estimate of drug-likeness (QED) is 0.828. The van der Waals surface area contributed by atoms with Crippen LogP contribution in [0.25, 0.3) is 0 Å². The molecule has 0 aliphatic rings. The van der Waals surface area contributed by atoms with Crippen LogP contribution in [-0.2, 0) is 20.0 Å². The summed E-state index contributed by atoms with van der Waals surface area (Å²) in [5, 5.41) is 18.3. The van der Waals surface area contributed by atoms with E-state index in [0.29, 0.717) is 12.1 Å². The first-order valence-corrected chi connectivity index (χ1v) is 5.75. The fraction of sp³-hybridized carbons (Fsp3) is 0.545. The van der Waals surface area contributed by atoms with Gasteiger partial charge in [-0.2, -0.15) is 10.2 Å². The summed E-state index contributed by atoms with van der Waals surface area (Å²) in [4.78, 5) is 4.16. The van der Waals surface area contributed by atoms with Crippen LogP contribution in [0.15, 0.2) is 18.6 Å². The topological polar surface area (TPSA) is 68.8 Å². The Morgan fingerprint density at radius 2 is 2.29 bits per heavy atom. The van der Waals surface area contributed by atoms with E-state index in [1.54, 1.807) is 4.68 Å². The lowest BCUT2D eigenvalue weighted by Gasteiger charge is -2.08. The van der Waals surface area contributed by atoms with Gasteiger partial charge in [0.25, 0.3) is 0 Å². The molecule has 0 aromatic carbocycles. The normalized spacial score (nSPS) is 12.9. The predicted molar refractivity (Wildman–Crippen MR) is 62.2 cm³/mol. The third-order valence-electron chi connectivity index (χ3n) is 2.58. The molecule has 6 heteroatoms. The molecule has 0 saturated carbocycles. The number of hydrogen-bond acceptors (Lipinski definition) is 4. The van der Waals surface area contributed by atoms with Crippen molar-refractivity contribution in [3.63, 3.8) is 0 Å². The van der Waals surface area contributed by atoms with Crippen LogP contribution in [0.5, 0.6) is 0 Å². The highest BCUT2D eigenvalue weighted by atomic mass is 16.3. The van der Waals surface area contributed by atoms with Crippen LogP contribution in [0.1, 0.15) is 31.0 Å². The van der Waals surface area contributed by atoms with E-state index in [1.165, 1.54) is 6.33 Å². The average Bonchev–Trinajstić information content (AvgIpc) is 2.89. The van der Waals surface area contributed by atoms with Crippen molar-refractivity contribution in [2.24, 2.45) is 7.05 Å². The number of aliphatic hydroxyl groups is 1. The Bertz CT molecular complexity index is 476. The molecule has 2 rings (SSSR count). The molecule has 0 spiro atoms. The van der Waals surface area contributed by atoms with Crippen molar-refractivity contribution in [1.82, 2.24) is 24.5 Å². The molecule has 0 bridgehead atoms. The lowest BCUT2D eigenvalue weighted by Crippen LogP contribution is -2.11. The van der Waals surface area contributed by atoms with Gasteiger partial charge in [0.2, 0.25) is 0 Å². The lowest BCUT2D eigenvalue weighted by atomic mass is 10.2. The minimum absolute atomic E-state index is 0.441. The summed E-state index contributed by atoms with van der Waals surface area (Å²) in [6.07, 6.45) is 4.15. The number of hydrogen-bond donors (Lipinski definition) is 1. The monoisotopic (exact) mass is 235 g/mol. The Hall–Kier alpha value is -1.69. The van der Waals surface area contributed by atoms with Crippen molar-refractivity contribution >= 4 is 0 Å². The van der Waals surface area contributed by atoms with Crippen LogP contribution < -0.4 is 0 Å². The Kier molecular flexibility index (Phi) is 3.53. The molecule has 0 fully saturated rings. The van der Waals surface area contributed by atoms with Gasteiger partial charge < -0.3 is 5.11 Å². The molecule has 0 saturated heterocycles. The maximum atomic E-state index is 10.0. The summed E-state index contributed by atoms with van der Waals surface area (Å²) < 4.78 is 3.50. The first kappa shape index (κ1) is 11.8. The van der Waals surface area contributed by atoms with E-state index in [-0.39, 0.29) is 0 Å². The Labute approximate surface area is 99.9 Å². The number of aliphatic hydroxyl groups excluding tert-OH is 1. The van der Waals surface area contributed by atoms with Crippen LogP contribution in [0.3, 0.4) is 0 Å². The van der Waals surface area contributed by atoms with Crippen LogP contribution in [0.2, 0.25) is 0 Å². The molecule has 6 nitrogen and oxygen atoms in total. The smallest absolute Gasteiger partial charge is 0.138 e. The lowest BCUT2D eigenvalue weighted by molar-refractivity contribution is 0.168. The molecule has 1 N–H and O–H groups in total. The largest absolute Gasteiger partial charge is 0.386 e. The third-order valence-corrected chi connectivity index (χ3v) is 2.58. The predicted octanol–water partition coefficient (Wildman–Crippen LogP) is 0.698. The van der Waals surface area contributed by atoms with Gasteiger partial charge in [0.15, 0.2) is 0 Å². The van der Waals surface area contributed by atoms with Gasteiger partial charge in [-0.1, -0.05) is 6.92 Å². The average molecular weight is 235 g/mol. The van der Waals surface area contributed by atoms with E-state index < -0.39 is 6.10 Å². The zero-order valence-electron chi connectivity index (χ0n) is 10.1. The molecular formula is C11H17N5O. The second-order valence-electron chi connectivity index (χ2n) is 4.03. The Morgan fingerprint density at radius 3 is 2.94 bits per heavy atom. The zero-order valence-corrected chi connectivity index (χ0v) is 10.1. The molecule has 1 atom stereocenters.